The fraction of sp³-hybridized carbons (Fsp3) is 0.250. The third-order valence-corrected chi connectivity index (χ3v) is 4.17. The Labute approximate surface area is 133 Å². The number of hydrogen-bond donors (Lipinski definition) is 2. The first kappa shape index (κ1) is 15.5. The predicted molar refractivity (Wildman–Crippen MR) is 88.6 cm³/mol. The summed E-state index contributed by atoms with van der Waals surface area (Å²) in [6, 6.07) is 16.4. The van der Waals surface area contributed by atoms with Gasteiger partial charge in [-0.05, 0) is 48.6 Å². The molecule has 0 bridgehead atoms. The second-order valence-corrected chi connectivity index (χ2v) is 6.09. The van der Waals surface area contributed by atoms with Gasteiger partial charge in [-0.15, -0.1) is 0 Å². The van der Waals surface area contributed by atoms with E-state index in [0.29, 0.717) is 0 Å². The lowest BCUT2D eigenvalue weighted by molar-refractivity contribution is 0.498. The van der Waals surface area contributed by atoms with Crippen molar-refractivity contribution in [1.82, 2.24) is 5.43 Å². The highest BCUT2D eigenvalue weighted by Crippen LogP contribution is 2.29. The Balaban J connectivity index is 1.97. The minimum absolute atomic E-state index is 0.0729. The van der Waals surface area contributed by atoms with Crippen molar-refractivity contribution in [2.45, 2.75) is 25.3 Å². The van der Waals surface area contributed by atoms with Gasteiger partial charge in [0.1, 0.15) is 0 Å². The Morgan fingerprint density at radius 1 is 1.15 bits per heavy atom. The van der Waals surface area contributed by atoms with Crippen LogP contribution in [0.4, 0.5) is 0 Å². The molecule has 106 valence electrons. The quantitative estimate of drug-likeness (QED) is 0.587. The highest BCUT2D eigenvalue weighted by atomic mass is 79.9. The molecule has 1 unspecified atom stereocenters. The number of aryl methyl sites for hydroxylation is 1. The second-order valence-electron chi connectivity index (χ2n) is 4.76. The number of benzene rings is 2. The molecule has 2 aromatic carbocycles. The van der Waals surface area contributed by atoms with Gasteiger partial charge in [0.05, 0.1) is 0 Å². The fourth-order valence-corrected chi connectivity index (χ4v) is 2.89. The van der Waals surface area contributed by atoms with Crippen molar-refractivity contribution in [3.8, 4) is 0 Å². The molecule has 0 fully saturated rings. The van der Waals surface area contributed by atoms with E-state index in [0.717, 1.165) is 34.3 Å². The summed E-state index contributed by atoms with van der Waals surface area (Å²) in [5, 5.41) is 0.746. The maximum Gasteiger partial charge on any atom is 0.0475 e. The van der Waals surface area contributed by atoms with E-state index in [1.807, 2.05) is 24.3 Å². The van der Waals surface area contributed by atoms with E-state index in [-0.39, 0.29) is 6.04 Å². The Hall–Kier alpha value is -0.870. The summed E-state index contributed by atoms with van der Waals surface area (Å²) < 4.78 is 1.01. The first-order chi connectivity index (χ1) is 9.70. The van der Waals surface area contributed by atoms with Crippen LogP contribution in [0, 0.1) is 0 Å². The lowest BCUT2D eigenvalue weighted by atomic mass is 9.99. The Morgan fingerprint density at radius 3 is 2.60 bits per heavy atom. The highest BCUT2D eigenvalue weighted by molar-refractivity contribution is 9.10. The van der Waals surface area contributed by atoms with Gasteiger partial charge in [0.2, 0.25) is 0 Å². The lowest BCUT2D eigenvalue weighted by Crippen LogP contribution is -2.28. The molecule has 1 atom stereocenters. The molecule has 0 saturated carbocycles. The van der Waals surface area contributed by atoms with Crippen LogP contribution in [0.2, 0.25) is 5.02 Å². The third kappa shape index (κ3) is 4.32. The lowest BCUT2D eigenvalue weighted by Gasteiger charge is -2.18. The molecule has 0 heterocycles. The molecule has 20 heavy (non-hydrogen) atoms. The van der Waals surface area contributed by atoms with Gasteiger partial charge < -0.3 is 0 Å². The molecule has 3 N–H and O–H groups in total. The summed E-state index contributed by atoms with van der Waals surface area (Å²) in [6.45, 7) is 0. The zero-order valence-electron chi connectivity index (χ0n) is 11.2. The number of halogens is 2. The maximum absolute atomic E-state index is 6.25. The maximum atomic E-state index is 6.25. The number of nitrogens with two attached hydrogens (primary N) is 1. The molecule has 2 nitrogen and oxygen atoms in total. The summed E-state index contributed by atoms with van der Waals surface area (Å²) in [7, 11) is 0. The van der Waals surface area contributed by atoms with E-state index in [9.17, 15) is 0 Å². The second kappa shape index (κ2) is 7.79. The summed E-state index contributed by atoms with van der Waals surface area (Å²) in [5.41, 5.74) is 5.26. The molecule has 0 amide bonds. The van der Waals surface area contributed by atoms with Crippen LogP contribution in [0.1, 0.15) is 30.0 Å². The normalized spacial score (nSPS) is 12.3. The van der Waals surface area contributed by atoms with E-state index < -0.39 is 0 Å². The zero-order chi connectivity index (χ0) is 14.4. The number of nitrogens with one attached hydrogen (secondary N) is 1. The monoisotopic (exact) mass is 352 g/mol. The molecule has 0 aliphatic heterocycles. The van der Waals surface area contributed by atoms with Gasteiger partial charge in [0, 0.05) is 15.5 Å². The number of hydrazine groups is 1. The molecule has 0 spiro atoms. The predicted octanol–water partition coefficient (Wildman–Crippen LogP) is 4.63. The fourth-order valence-electron chi connectivity index (χ4n) is 2.27. The number of rotatable bonds is 6. The third-order valence-electron chi connectivity index (χ3n) is 3.34. The Bertz CT molecular complexity index is 545. The first-order valence-electron chi connectivity index (χ1n) is 6.65. The molecule has 0 aromatic heterocycles. The van der Waals surface area contributed by atoms with Crippen LogP contribution in [0.3, 0.4) is 0 Å². The molecule has 0 saturated heterocycles. The molecule has 0 radical (unpaired) electrons. The number of hydrogen-bond acceptors (Lipinski definition) is 2. The van der Waals surface area contributed by atoms with Crippen LogP contribution in [0.15, 0.2) is 53.0 Å². The standard InChI is InChI=1S/C16H18BrClN2/c17-13-9-10-15(18)14(11-13)16(20-19)8-4-7-12-5-2-1-3-6-12/h1-3,5-6,9-11,16,20H,4,7-8,19H2. The van der Waals surface area contributed by atoms with Crippen LogP contribution >= 0.6 is 27.5 Å². The molecular formula is C16H18BrClN2. The summed E-state index contributed by atoms with van der Waals surface area (Å²) in [6.07, 6.45) is 3.05. The van der Waals surface area contributed by atoms with Gasteiger partial charge in [0.25, 0.3) is 0 Å². The van der Waals surface area contributed by atoms with Crippen LogP contribution in [-0.2, 0) is 6.42 Å². The molecule has 2 rings (SSSR count). The van der Waals surface area contributed by atoms with Crippen LogP contribution in [0.25, 0.3) is 0 Å². The van der Waals surface area contributed by atoms with Crippen molar-refractivity contribution in [2.75, 3.05) is 0 Å². The van der Waals surface area contributed by atoms with Crippen LogP contribution in [0.5, 0.6) is 0 Å². The van der Waals surface area contributed by atoms with Gasteiger partial charge in [-0.25, -0.2) is 0 Å². The Morgan fingerprint density at radius 2 is 1.90 bits per heavy atom. The smallest absolute Gasteiger partial charge is 0.0475 e. The first-order valence-corrected chi connectivity index (χ1v) is 7.83. The average molecular weight is 354 g/mol. The van der Waals surface area contributed by atoms with Crippen molar-refractivity contribution in [1.29, 1.82) is 0 Å². The van der Waals surface area contributed by atoms with Gasteiger partial charge in [-0.1, -0.05) is 57.9 Å². The van der Waals surface area contributed by atoms with Gasteiger partial charge >= 0.3 is 0 Å². The molecule has 4 heteroatoms. The largest absolute Gasteiger partial charge is 0.271 e. The molecule has 0 aliphatic rings. The van der Waals surface area contributed by atoms with E-state index in [4.69, 9.17) is 17.4 Å². The van der Waals surface area contributed by atoms with Crippen molar-refractivity contribution >= 4 is 27.5 Å². The molecule has 2 aromatic rings. The summed E-state index contributed by atoms with van der Waals surface area (Å²) in [4.78, 5) is 0. The van der Waals surface area contributed by atoms with Crippen molar-refractivity contribution < 1.29 is 0 Å². The van der Waals surface area contributed by atoms with Crippen molar-refractivity contribution in [3.05, 3.63) is 69.2 Å². The van der Waals surface area contributed by atoms with Gasteiger partial charge in [-0.2, -0.15) is 0 Å². The average Bonchev–Trinajstić information content (AvgIpc) is 2.48. The van der Waals surface area contributed by atoms with Gasteiger partial charge in [-0.3, -0.25) is 11.3 Å². The van der Waals surface area contributed by atoms with E-state index >= 15 is 0 Å². The zero-order valence-corrected chi connectivity index (χ0v) is 13.5. The minimum atomic E-state index is 0.0729. The topological polar surface area (TPSA) is 38.0 Å². The molecule has 0 aliphatic carbocycles. The van der Waals surface area contributed by atoms with Crippen molar-refractivity contribution in [3.63, 3.8) is 0 Å². The van der Waals surface area contributed by atoms with E-state index in [2.05, 4.69) is 45.6 Å². The minimum Gasteiger partial charge on any atom is -0.271 e. The molecular weight excluding hydrogens is 336 g/mol. The SMILES string of the molecule is NNC(CCCc1ccccc1)c1cc(Br)ccc1Cl. The Kier molecular flexibility index (Phi) is 6.05. The highest BCUT2D eigenvalue weighted by Gasteiger charge is 2.13. The van der Waals surface area contributed by atoms with Crippen LogP contribution in [-0.4, -0.2) is 0 Å². The van der Waals surface area contributed by atoms with Crippen molar-refractivity contribution in [2.24, 2.45) is 5.84 Å². The summed E-state index contributed by atoms with van der Waals surface area (Å²) in [5.74, 6) is 5.68. The van der Waals surface area contributed by atoms with Crippen LogP contribution < -0.4 is 11.3 Å². The van der Waals surface area contributed by atoms with E-state index in [1.165, 1.54) is 5.56 Å². The van der Waals surface area contributed by atoms with Gasteiger partial charge in [0.15, 0.2) is 0 Å². The van der Waals surface area contributed by atoms with E-state index in [1.54, 1.807) is 0 Å². The summed E-state index contributed by atoms with van der Waals surface area (Å²) >= 11 is 9.72.